The third kappa shape index (κ3) is 5.18. The highest BCUT2D eigenvalue weighted by atomic mass is 35.5. The smallest absolute Gasteiger partial charge is 0.213 e. The molecule has 0 saturated carbocycles. The standard InChI is InChI=1S/C19H16ClNO2S/c20-18(14-22-19-8-4-5-13-21-19)24-17-11-9-16(10-12-17)23-15-6-2-1-3-7-15/h1-13,18H,14H2. The normalized spacial score (nSPS) is 11.7. The fourth-order valence-corrected chi connectivity index (χ4v) is 3.07. The first-order valence-corrected chi connectivity index (χ1v) is 8.79. The second-order valence-electron chi connectivity index (χ2n) is 4.89. The van der Waals surface area contributed by atoms with Crippen LogP contribution in [0.5, 0.6) is 17.4 Å². The zero-order valence-corrected chi connectivity index (χ0v) is 14.4. The molecular weight excluding hydrogens is 342 g/mol. The number of pyridine rings is 1. The first kappa shape index (κ1) is 16.7. The Balaban J connectivity index is 1.50. The van der Waals surface area contributed by atoms with Gasteiger partial charge in [0.1, 0.15) is 22.8 Å². The van der Waals surface area contributed by atoms with Gasteiger partial charge in [-0.15, -0.1) is 23.4 Å². The van der Waals surface area contributed by atoms with Crippen molar-refractivity contribution in [2.45, 2.75) is 9.60 Å². The Morgan fingerprint density at radius 1 is 0.875 bits per heavy atom. The molecule has 1 heterocycles. The number of hydrogen-bond donors (Lipinski definition) is 0. The van der Waals surface area contributed by atoms with Crippen molar-refractivity contribution in [3.05, 3.63) is 79.0 Å². The third-order valence-electron chi connectivity index (χ3n) is 3.07. The summed E-state index contributed by atoms with van der Waals surface area (Å²) < 4.78 is 11.1. The van der Waals surface area contributed by atoms with E-state index >= 15 is 0 Å². The number of ether oxygens (including phenoxy) is 2. The SMILES string of the molecule is ClC(COc1ccccn1)Sc1ccc(Oc2ccccc2)cc1. The van der Waals surface area contributed by atoms with Crippen LogP contribution in [0.2, 0.25) is 0 Å². The summed E-state index contributed by atoms with van der Waals surface area (Å²) in [6.45, 7) is 0.380. The van der Waals surface area contributed by atoms with Crippen molar-refractivity contribution in [1.82, 2.24) is 4.98 Å². The molecule has 5 heteroatoms. The molecule has 3 nitrogen and oxygen atoms in total. The third-order valence-corrected chi connectivity index (χ3v) is 4.40. The van der Waals surface area contributed by atoms with Crippen molar-refractivity contribution in [2.75, 3.05) is 6.61 Å². The molecule has 1 aromatic heterocycles. The van der Waals surface area contributed by atoms with Crippen LogP contribution in [0.3, 0.4) is 0 Å². The van der Waals surface area contributed by atoms with Crippen molar-refractivity contribution < 1.29 is 9.47 Å². The average molecular weight is 358 g/mol. The molecule has 2 aromatic carbocycles. The Bertz CT molecular complexity index is 738. The molecule has 0 radical (unpaired) electrons. The van der Waals surface area contributed by atoms with Gasteiger partial charge in [0.2, 0.25) is 5.88 Å². The van der Waals surface area contributed by atoms with Gasteiger partial charge in [0.05, 0.1) is 0 Å². The van der Waals surface area contributed by atoms with E-state index in [1.807, 2.05) is 72.8 Å². The molecular formula is C19H16ClNO2S. The quantitative estimate of drug-likeness (QED) is 0.406. The number of hydrogen-bond acceptors (Lipinski definition) is 4. The molecule has 0 aliphatic carbocycles. The minimum Gasteiger partial charge on any atom is -0.475 e. The summed E-state index contributed by atoms with van der Waals surface area (Å²) in [6, 6.07) is 23.1. The number of aromatic nitrogens is 1. The van der Waals surface area contributed by atoms with E-state index in [1.165, 1.54) is 11.8 Å². The van der Waals surface area contributed by atoms with Gasteiger partial charge in [0.15, 0.2) is 0 Å². The topological polar surface area (TPSA) is 31.4 Å². The lowest BCUT2D eigenvalue weighted by molar-refractivity contribution is 0.323. The van der Waals surface area contributed by atoms with Crippen LogP contribution in [0, 0.1) is 0 Å². The molecule has 122 valence electrons. The Kier molecular flexibility index (Phi) is 5.99. The first-order valence-electron chi connectivity index (χ1n) is 7.47. The number of rotatable bonds is 7. The van der Waals surface area contributed by atoms with Crippen molar-refractivity contribution in [3.8, 4) is 17.4 Å². The van der Waals surface area contributed by atoms with Crippen LogP contribution in [-0.4, -0.2) is 16.3 Å². The molecule has 1 atom stereocenters. The predicted molar refractivity (Wildman–Crippen MR) is 98.2 cm³/mol. The highest BCUT2D eigenvalue weighted by Gasteiger charge is 2.08. The molecule has 0 saturated heterocycles. The van der Waals surface area contributed by atoms with Gasteiger partial charge in [-0.3, -0.25) is 0 Å². The van der Waals surface area contributed by atoms with Crippen LogP contribution in [0.1, 0.15) is 0 Å². The van der Waals surface area contributed by atoms with E-state index in [9.17, 15) is 0 Å². The molecule has 0 fully saturated rings. The maximum Gasteiger partial charge on any atom is 0.213 e. The van der Waals surface area contributed by atoms with Crippen LogP contribution in [0.15, 0.2) is 83.9 Å². The summed E-state index contributed by atoms with van der Waals surface area (Å²) in [6.07, 6.45) is 1.69. The van der Waals surface area contributed by atoms with Gasteiger partial charge in [-0.2, -0.15) is 0 Å². The maximum absolute atomic E-state index is 6.31. The van der Waals surface area contributed by atoms with Crippen LogP contribution in [0.25, 0.3) is 0 Å². The fourth-order valence-electron chi connectivity index (χ4n) is 1.98. The number of thioether (sulfide) groups is 1. The first-order chi connectivity index (χ1) is 11.8. The zero-order valence-electron chi connectivity index (χ0n) is 12.8. The summed E-state index contributed by atoms with van der Waals surface area (Å²) in [5.41, 5.74) is 0. The van der Waals surface area contributed by atoms with E-state index in [0.29, 0.717) is 12.5 Å². The summed E-state index contributed by atoms with van der Waals surface area (Å²) in [7, 11) is 0. The maximum atomic E-state index is 6.31. The molecule has 0 aliphatic rings. The van der Waals surface area contributed by atoms with Gasteiger partial charge in [-0.05, 0) is 42.5 Å². The van der Waals surface area contributed by atoms with Crippen LogP contribution < -0.4 is 9.47 Å². The minimum atomic E-state index is -0.201. The van der Waals surface area contributed by atoms with Gasteiger partial charge >= 0.3 is 0 Å². The van der Waals surface area contributed by atoms with Crippen LogP contribution in [-0.2, 0) is 0 Å². The predicted octanol–water partition coefficient (Wildman–Crippen LogP) is 5.61. The minimum absolute atomic E-state index is 0.201. The second kappa shape index (κ2) is 8.62. The molecule has 0 amide bonds. The van der Waals surface area contributed by atoms with Crippen LogP contribution >= 0.6 is 23.4 Å². The monoisotopic (exact) mass is 357 g/mol. The van der Waals surface area contributed by atoms with Gasteiger partial charge < -0.3 is 9.47 Å². The highest BCUT2D eigenvalue weighted by molar-refractivity contribution is 8.01. The lowest BCUT2D eigenvalue weighted by Gasteiger charge is -2.11. The van der Waals surface area contributed by atoms with Crippen molar-refractivity contribution in [3.63, 3.8) is 0 Å². The molecule has 0 spiro atoms. The van der Waals surface area contributed by atoms with Crippen molar-refractivity contribution in [1.29, 1.82) is 0 Å². The zero-order chi connectivity index (χ0) is 16.6. The molecule has 3 aromatic rings. The molecule has 0 aliphatic heterocycles. The van der Waals surface area contributed by atoms with Crippen molar-refractivity contribution in [2.24, 2.45) is 0 Å². The van der Waals surface area contributed by atoms with E-state index in [-0.39, 0.29) is 4.71 Å². The highest BCUT2D eigenvalue weighted by Crippen LogP contribution is 2.29. The van der Waals surface area contributed by atoms with E-state index < -0.39 is 0 Å². The average Bonchev–Trinajstić information content (AvgIpc) is 2.63. The van der Waals surface area contributed by atoms with Crippen molar-refractivity contribution >= 4 is 23.4 Å². The fraction of sp³-hybridized carbons (Fsp3) is 0.105. The lowest BCUT2D eigenvalue weighted by atomic mass is 10.3. The summed E-state index contributed by atoms with van der Waals surface area (Å²) >= 11 is 7.85. The van der Waals surface area contributed by atoms with E-state index in [0.717, 1.165) is 16.4 Å². The summed E-state index contributed by atoms with van der Waals surface area (Å²) in [5.74, 6) is 2.19. The molecule has 0 N–H and O–H groups in total. The molecule has 24 heavy (non-hydrogen) atoms. The lowest BCUT2D eigenvalue weighted by Crippen LogP contribution is -2.08. The van der Waals surface area contributed by atoms with E-state index in [2.05, 4.69) is 4.98 Å². The number of nitrogens with zero attached hydrogens (tertiary/aromatic N) is 1. The molecule has 0 bridgehead atoms. The Labute approximate surface area is 150 Å². The number of para-hydroxylation sites is 1. The van der Waals surface area contributed by atoms with Crippen LogP contribution in [0.4, 0.5) is 0 Å². The molecule has 3 rings (SSSR count). The number of halogens is 1. The van der Waals surface area contributed by atoms with Gasteiger partial charge in [0, 0.05) is 17.2 Å². The molecule has 1 unspecified atom stereocenters. The van der Waals surface area contributed by atoms with Gasteiger partial charge in [-0.25, -0.2) is 4.98 Å². The van der Waals surface area contributed by atoms with E-state index in [4.69, 9.17) is 21.1 Å². The number of alkyl halides is 1. The van der Waals surface area contributed by atoms with Gasteiger partial charge in [0.25, 0.3) is 0 Å². The summed E-state index contributed by atoms with van der Waals surface area (Å²) in [5, 5.41) is 0. The Morgan fingerprint density at radius 3 is 2.29 bits per heavy atom. The van der Waals surface area contributed by atoms with Gasteiger partial charge in [-0.1, -0.05) is 24.3 Å². The Hall–Kier alpha value is -2.17. The largest absolute Gasteiger partial charge is 0.475 e. The summed E-state index contributed by atoms with van der Waals surface area (Å²) in [4.78, 5) is 5.16. The number of benzene rings is 2. The Morgan fingerprint density at radius 2 is 1.58 bits per heavy atom. The second-order valence-corrected chi connectivity index (χ2v) is 6.96. The van der Waals surface area contributed by atoms with E-state index in [1.54, 1.807) is 6.20 Å².